The molecule has 208 valence electrons. The normalized spacial score (nSPS) is 14.4. The summed E-state index contributed by atoms with van der Waals surface area (Å²) in [6.45, 7) is 4.05. The van der Waals surface area contributed by atoms with Crippen molar-refractivity contribution >= 4 is 16.8 Å². The molecule has 5 rings (SSSR count). The Balaban J connectivity index is 1.48. The first-order chi connectivity index (χ1) is 19.2. The fourth-order valence-corrected chi connectivity index (χ4v) is 4.99. The first kappa shape index (κ1) is 27.5. The molecule has 0 saturated carbocycles. The second-order valence-electron chi connectivity index (χ2n) is 9.95. The smallest absolute Gasteiger partial charge is 0.416 e. The number of hydrogen-bond acceptors (Lipinski definition) is 5. The maximum atomic E-state index is 14.0. The van der Waals surface area contributed by atoms with Crippen LogP contribution in [0.2, 0.25) is 0 Å². The number of fused-ring (bicyclic) bond motifs is 1. The van der Waals surface area contributed by atoms with E-state index in [1.165, 1.54) is 12.1 Å². The van der Waals surface area contributed by atoms with E-state index in [-0.39, 0.29) is 11.9 Å². The van der Waals surface area contributed by atoms with Crippen molar-refractivity contribution in [3.05, 3.63) is 89.6 Å². The lowest BCUT2D eigenvalue weighted by Crippen LogP contribution is -2.54. The molecule has 1 N–H and O–H groups in total. The third-order valence-electron chi connectivity index (χ3n) is 7.56. The van der Waals surface area contributed by atoms with E-state index >= 15 is 0 Å². The van der Waals surface area contributed by atoms with Gasteiger partial charge in [-0.15, -0.1) is 0 Å². The van der Waals surface area contributed by atoms with Crippen LogP contribution in [0.3, 0.4) is 0 Å². The molecule has 1 aromatic heterocycles. The van der Waals surface area contributed by atoms with Gasteiger partial charge in [-0.05, 0) is 42.8 Å². The number of para-hydroxylation sites is 1. The summed E-state index contributed by atoms with van der Waals surface area (Å²) < 4.78 is 50.0. The second kappa shape index (κ2) is 11.2. The molecule has 1 aliphatic rings. The number of methoxy groups -OCH3 is 2. The number of carbonyl (C=O) groups excluding carboxylic acids is 1. The van der Waals surface area contributed by atoms with E-state index < -0.39 is 11.7 Å². The summed E-state index contributed by atoms with van der Waals surface area (Å²) >= 11 is 0. The van der Waals surface area contributed by atoms with Crippen LogP contribution in [-0.2, 0) is 12.7 Å². The molecule has 0 aliphatic carbocycles. The summed E-state index contributed by atoms with van der Waals surface area (Å²) in [6.07, 6.45) is -2.86. The lowest BCUT2D eigenvalue weighted by atomic mass is 9.93. The molecular formula is C31H30F3N3O3. The predicted octanol–water partition coefficient (Wildman–Crippen LogP) is 6.19. The van der Waals surface area contributed by atoms with E-state index in [0.717, 1.165) is 36.2 Å². The standard InChI is InChI=1S/C31H30F3N3O3/c1-19(24-15-35-16-24)37(18-22-9-12-26(39-2)14-28(22)40-3)30(38)23-13-21-5-4-6-27(29(21)36-17-23)20-7-10-25(11-8-20)31(32,33)34/h4-14,17,19,24,35H,15-16,18H2,1-3H3/t19-/m1/s1. The maximum Gasteiger partial charge on any atom is 0.416 e. The van der Waals surface area contributed by atoms with Crippen molar-refractivity contribution in [2.45, 2.75) is 25.7 Å². The molecule has 4 aromatic rings. The molecule has 0 unspecified atom stereocenters. The molecule has 1 amide bonds. The summed E-state index contributed by atoms with van der Waals surface area (Å²) in [5, 5.41) is 4.01. The fourth-order valence-electron chi connectivity index (χ4n) is 4.99. The number of alkyl halides is 3. The van der Waals surface area contributed by atoms with Crippen molar-refractivity contribution in [1.82, 2.24) is 15.2 Å². The van der Waals surface area contributed by atoms with Crippen LogP contribution >= 0.6 is 0 Å². The molecule has 0 radical (unpaired) electrons. The van der Waals surface area contributed by atoms with Gasteiger partial charge in [0, 0.05) is 60.4 Å². The van der Waals surface area contributed by atoms with E-state index in [1.54, 1.807) is 32.5 Å². The first-order valence-corrected chi connectivity index (χ1v) is 13.0. The van der Waals surface area contributed by atoms with Gasteiger partial charge in [0.2, 0.25) is 0 Å². The molecule has 6 nitrogen and oxygen atoms in total. The lowest BCUT2D eigenvalue weighted by Gasteiger charge is -2.40. The molecule has 0 bridgehead atoms. The Kier molecular flexibility index (Phi) is 7.67. The third kappa shape index (κ3) is 5.47. The van der Waals surface area contributed by atoms with Crippen molar-refractivity contribution in [3.8, 4) is 22.6 Å². The minimum Gasteiger partial charge on any atom is -0.497 e. The van der Waals surface area contributed by atoms with Crippen LogP contribution in [0, 0.1) is 5.92 Å². The number of ether oxygens (including phenoxy) is 2. The van der Waals surface area contributed by atoms with Gasteiger partial charge < -0.3 is 19.7 Å². The molecule has 1 fully saturated rings. The van der Waals surface area contributed by atoms with Crippen LogP contribution in [0.15, 0.2) is 72.9 Å². The molecule has 1 saturated heterocycles. The third-order valence-corrected chi connectivity index (χ3v) is 7.56. The summed E-state index contributed by atoms with van der Waals surface area (Å²) in [5.74, 6) is 1.45. The van der Waals surface area contributed by atoms with E-state index in [2.05, 4.69) is 17.2 Å². The van der Waals surface area contributed by atoms with Crippen LogP contribution in [0.1, 0.15) is 28.4 Å². The molecule has 1 aliphatic heterocycles. The number of nitrogens with one attached hydrogen (secondary N) is 1. The van der Waals surface area contributed by atoms with Gasteiger partial charge in [0.05, 0.1) is 30.9 Å². The average molecular weight is 550 g/mol. The monoisotopic (exact) mass is 549 g/mol. The number of aromatic nitrogens is 1. The summed E-state index contributed by atoms with van der Waals surface area (Å²) in [5.41, 5.74) is 2.50. The van der Waals surface area contributed by atoms with E-state index in [0.29, 0.717) is 46.2 Å². The summed E-state index contributed by atoms with van der Waals surface area (Å²) in [6, 6.07) is 17.8. The highest BCUT2D eigenvalue weighted by atomic mass is 19.4. The van der Waals surface area contributed by atoms with Gasteiger partial charge in [0.1, 0.15) is 11.5 Å². The number of rotatable bonds is 8. The number of amides is 1. The highest BCUT2D eigenvalue weighted by Crippen LogP contribution is 2.34. The molecule has 3 aromatic carbocycles. The van der Waals surface area contributed by atoms with Gasteiger partial charge in [-0.1, -0.05) is 30.3 Å². The van der Waals surface area contributed by atoms with Crippen LogP contribution in [0.5, 0.6) is 11.5 Å². The number of hydrogen-bond donors (Lipinski definition) is 1. The molecule has 2 heterocycles. The van der Waals surface area contributed by atoms with Crippen molar-refractivity contribution in [1.29, 1.82) is 0 Å². The average Bonchev–Trinajstić information content (AvgIpc) is 2.93. The van der Waals surface area contributed by atoms with E-state index in [9.17, 15) is 18.0 Å². The Morgan fingerprint density at radius 2 is 1.80 bits per heavy atom. The zero-order valence-corrected chi connectivity index (χ0v) is 22.5. The highest BCUT2D eigenvalue weighted by Gasteiger charge is 2.33. The van der Waals surface area contributed by atoms with Crippen molar-refractivity contribution in [2.75, 3.05) is 27.3 Å². The van der Waals surface area contributed by atoms with Crippen molar-refractivity contribution in [3.63, 3.8) is 0 Å². The first-order valence-electron chi connectivity index (χ1n) is 13.0. The Bertz CT molecular complexity index is 1520. The minimum absolute atomic E-state index is 0.0465. The Morgan fingerprint density at radius 3 is 2.42 bits per heavy atom. The van der Waals surface area contributed by atoms with Gasteiger partial charge >= 0.3 is 6.18 Å². The highest BCUT2D eigenvalue weighted by molar-refractivity contribution is 6.00. The van der Waals surface area contributed by atoms with Gasteiger partial charge in [-0.25, -0.2) is 0 Å². The largest absolute Gasteiger partial charge is 0.497 e. The lowest BCUT2D eigenvalue weighted by molar-refractivity contribution is -0.137. The summed E-state index contributed by atoms with van der Waals surface area (Å²) in [4.78, 5) is 20.4. The Labute approximate surface area is 230 Å². The van der Waals surface area contributed by atoms with Crippen molar-refractivity contribution in [2.24, 2.45) is 5.92 Å². The van der Waals surface area contributed by atoms with E-state index in [4.69, 9.17) is 9.47 Å². The Morgan fingerprint density at radius 1 is 1.05 bits per heavy atom. The topological polar surface area (TPSA) is 63.7 Å². The minimum atomic E-state index is -4.40. The van der Waals surface area contributed by atoms with Crippen LogP contribution in [0.25, 0.3) is 22.0 Å². The van der Waals surface area contributed by atoms with Crippen LogP contribution in [-0.4, -0.2) is 49.1 Å². The molecule has 40 heavy (non-hydrogen) atoms. The SMILES string of the molecule is COc1ccc(CN(C(=O)c2cnc3c(-c4ccc(C(F)(F)F)cc4)cccc3c2)[C@H](C)C2CNC2)c(OC)c1. The van der Waals surface area contributed by atoms with Crippen molar-refractivity contribution < 1.29 is 27.4 Å². The molecular weight excluding hydrogens is 519 g/mol. The summed E-state index contributed by atoms with van der Waals surface area (Å²) in [7, 11) is 3.18. The second-order valence-corrected chi connectivity index (χ2v) is 9.95. The zero-order valence-electron chi connectivity index (χ0n) is 22.5. The maximum absolute atomic E-state index is 14.0. The zero-order chi connectivity index (χ0) is 28.4. The fraction of sp³-hybridized carbons (Fsp3) is 0.290. The quantitative estimate of drug-likeness (QED) is 0.284. The van der Waals surface area contributed by atoms with Crippen LogP contribution in [0.4, 0.5) is 13.2 Å². The predicted molar refractivity (Wildman–Crippen MR) is 147 cm³/mol. The van der Waals surface area contributed by atoms with Gasteiger partial charge in [0.15, 0.2) is 0 Å². The van der Waals surface area contributed by atoms with Gasteiger partial charge in [0.25, 0.3) is 5.91 Å². The van der Waals surface area contributed by atoms with E-state index in [1.807, 2.05) is 35.2 Å². The van der Waals surface area contributed by atoms with Gasteiger partial charge in [-0.2, -0.15) is 13.2 Å². The molecule has 1 atom stereocenters. The van der Waals surface area contributed by atoms with Crippen LogP contribution < -0.4 is 14.8 Å². The van der Waals surface area contributed by atoms with Gasteiger partial charge in [-0.3, -0.25) is 9.78 Å². The number of benzene rings is 3. The number of halogens is 3. The molecule has 0 spiro atoms. The number of carbonyl (C=O) groups is 1. The Hall–Kier alpha value is -4.11. The number of nitrogens with zero attached hydrogens (tertiary/aromatic N) is 2. The number of pyridine rings is 1. The molecule has 9 heteroatoms.